The van der Waals surface area contributed by atoms with Crippen LogP contribution in [0.5, 0.6) is 0 Å². The molecule has 3 rings (SSSR count). The molecule has 2 heterocycles. The Kier molecular flexibility index (Phi) is 2.67. The molecule has 1 aromatic heterocycles. The number of nitrogens with two attached hydrogens (primary N) is 1. The Hall–Kier alpha value is -1.29. The van der Waals surface area contributed by atoms with E-state index in [4.69, 9.17) is 5.73 Å². The maximum atomic E-state index is 6.04. The number of nitrogens with one attached hydrogen (secondary N) is 1. The van der Waals surface area contributed by atoms with Crippen LogP contribution in [0.2, 0.25) is 0 Å². The van der Waals surface area contributed by atoms with Crippen molar-refractivity contribution in [3.05, 3.63) is 17.8 Å². The molecule has 0 spiro atoms. The summed E-state index contributed by atoms with van der Waals surface area (Å²) in [6, 6.07) is 2.73. The zero-order valence-corrected chi connectivity index (χ0v) is 10.3. The third-order valence-electron chi connectivity index (χ3n) is 3.92. The maximum absolute atomic E-state index is 6.04. The van der Waals surface area contributed by atoms with Crippen LogP contribution in [-0.2, 0) is 0 Å². The van der Waals surface area contributed by atoms with E-state index in [0.29, 0.717) is 12.0 Å². The lowest BCUT2D eigenvalue weighted by atomic mass is 10.1. The van der Waals surface area contributed by atoms with Crippen LogP contribution in [0.4, 0.5) is 11.5 Å². The van der Waals surface area contributed by atoms with E-state index in [1.54, 1.807) is 0 Å². The lowest BCUT2D eigenvalue weighted by Crippen LogP contribution is -2.30. The van der Waals surface area contributed by atoms with Gasteiger partial charge in [0.05, 0.1) is 0 Å². The fourth-order valence-electron chi connectivity index (χ4n) is 2.76. The number of anilines is 2. The number of hydrogen-bond acceptors (Lipinski definition) is 4. The Balaban J connectivity index is 1.89. The number of likely N-dealkylation sites (N-methyl/N-ethyl adjacent to an activating group) is 1. The molecule has 0 radical (unpaired) electrons. The Bertz CT molecular complexity index is 414. The first-order valence-corrected chi connectivity index (χ1v) is 6.46. The highest BCUT2D eigenvalue weighted by atomic mass is 15.2. The van der Waals surface area contributed by atoms with Gasteiger partial charge in [0, 0.05) is 36.6 Å². The predicted octanol–water partition coefficient (Wildman–Crippen LogP) is 1.34. The minimum absolute atomic E-state index is 0.608. The molecule has 1 aliphatic heterocycles. The molecule has 1 saturated heterocycles. The number of nitrogen functional groups attached to an aromatic ring is 1. The Morgan fingerprint density at radius 1 is 1.41 bits per heavy atom. The molecule has 1 atom stereocenters. The van der Waals surface area contributed by atoms with Crippen molar-refractivity contribution in [2.24, 2.45) is 0 Å². The Morgan fingerprint density at radius 2 is 2.24 bits per heavy atom. The van der Waals surface area contributed by atoms with Crippen LogP contribution >= 0.6 is 0 Å². The van der Waals surface area contributed by atoms with Gasteiger partial charge in [-0.05, 0) is 38.3 Å². The highest BCUT2D eigenvalue weighted by Gasteiger charge is 2.32. The van der Waals surface area contributed by atoms with Crippen molar-refractivity contribution >= 4 is 11.5 Å². The summed E-state index contributed by atoms with van der Waals surface area (Å²) in [7, 11) is 2.04. The van der Waals surface area contributed by atoms with Crippen LogP contribution in [0.25, 0.3) is 0 Å². The highest BCUT2D eigenvalue weighted by Crippen LogP contribution is 2.46. The zero-order valence-electron chi connectivity index (χ0n) is 10.3. The summed E-state index contributed by atoms with van der Waals surface area (Å²) in [5.41, 5.74) is 8.66. The number of nitrogens with zero attached hydrogens (tertiary/aromatic N) is 2. The second kappa shape index (κ2) is 4.18. The Morgan fingerprint density at radius 3 is 2.88 bits per heavy atom. The van der Waals surface area contributed by atoms with E-state index in [-0.39, 0.29) is 0 Å². The number of aromatic nitrogens is 1. The van der Waals surface area contributed by atoms with Crippen LogP contribution in [0, 0.1) is 0 Å². The average molecular weight is 232 g/mol. The van der Waals surface area contributed by atoms with Crippen molar-refractivity contribution in [2.45, 2.75) is 31.2 Å². The molecule has 0 amide bonds. The van der Waals surface area contributed by atoms with Gasteiger partial charge in [-0.3, -0.25) is 0 Å². The van der Waals surface area contributed by atoms with Crippen molar-refractivity contribution < 1.29 is 0 Å². The molecule has 17 heavy (non-hydrogen) atoms. The molecule has 2 fully saturated rings. The zero-order chi connectivity index (χ0) is 11.8. The molecular weight excluding hydrogens is 212 g/mol. The van der Waals surface area contributed by atoms with Crippen molar-refractivity contribution in [3.8, 4) is 0 Å². The second-order valence-corrected chi connectivity index (χ2v) is 5.12. The molecule has 0 unspecified atom stereocenters. The van der Waals surface area contributed by atoms with E-state index in [9.17, 15) is 0 Å². The van der Waals surface area contributed by atoms with E-state index >= 15 is 0 Å². The summed E-state index contributed by atoms with van der Waals surface area (Å²) in [5, 5.41) is 3.35. The van der Waals surface area contributed by atoms with Gasteiger partial charge in [-0.1, -0.05) is 0 Å². The van der Waals surface area contributed by atoms with E-state index in [1.165, 1.54) is 30.5 Å². The third-order valence-corrected chi connectivity index (χ3v) is 3.92. The van der Waals surface area contributed by atoms with Gasteiger partial charge in [0.25, 0.3) is 0 Å². The number of hydrogen-bond donors (Lipinski definition) is 2. The number of rotatable bonds is 3. The van der Waals surface area contributed by atoms with Gasteiger partial charge in [0.1, 0.15) is 5.82 Å². The molecule has 4 nitrogen and oxygen atoms in total. The SMILES string of the molecule is CN[C@@H]1CCN(c2ccnc(N)c2C2CC2)C1. The maximum Gasteiger partial charge on any atom is 0.128 e. The third kappa shape index (κ3) is 1.97. The van der Waals surface area contributed by atoms with Crippen LogP contribution in [0.1, 0.15) is 30.7 Å². The molecule has 2 aliphatic rings. The van der Waals surface area contributed by atoms with E-state index < -0.39 is 0 Å². The topological polar surface area (TPSA) is 54.2 Å². The van der Waals surface area contributed by atoms with Crippen molar-refractivity contribution in [2.75, 3.05) is 30.8 Å². The summed E-state index contributed by atoms with van der Waals surface area (Å²) >= 11 is 0. The smallest absolute Gasteiger partial charge is 0.128 e. The Labute approximate surface area is 102 Å². The lowest BCUT2D eigenvalue weighted by molar-refractivity contribution is 0.617. The summed E-state index contributed by atoms with van der Waals surface area (Å²) in [4.78, 5) is 6.70. The van der Waals surface area contributed by atoms with Gasteiger partial charge >= 0.3 is 0 Å². The van der Waals surface area contributed by atoms with Gasteiger partial charge in [0.2, 0.25) is 0 Å². The summed E-state index contributed by atoms with van der Waals surface area (Å²) in [6.07, 6.45) is 5.59. The van der Waals surface area contributed by atoms with Crippen molar-refractivity contribution in [3.63, 3.8) is 0 Å². The van der Waals surface area contributed by atoms with Gasteiger partial charge in [-0.2, -0.15) is 0 Å². The molecule has 4 heteroatoms. The molecule has 0 bridgehead atoms. The first-order chi connectivity index (χ1) is 8.29. The summed E-state index contributed by atoms with van der Waals surface area (Å²) < 4.78 is 0. The molecule has 1 saturated carbocycles. The fourth-order valence-corrected chi connectivity index (χ4v) is 2.76. The highest BCUT2D eigenvalue weighted by molar-refractivity contribution is 5.64. The van der Waals surface area contributed by atoms with Gasteiger partial charge in [0.15, 0.2) is 0 Å². The minimum Gasteiger partial charge on any atom is -0.383 e. The molecule has 3 N–H and O–H groups in total. The van der Waals surface area contributed by atoms with E-state index in [2.05, 4.69) is 21.3 Å². The quantitative estimate of drug-likeness (QED) is 0.825. The molecular formula is C13H20N4. The largest absolute Gasteiger partial charge is 0.383 e. The standard InChI is InChI=1S/C13H20N4/c1-15-10-5-7-17(8-10)11-4-6-16-13(14)12(11)9-2-3-9/h4,6,9-10,15H,2-3,5,7-8H2,1H3,(H2,14,16)/t10-/m1/s1. The van der Waals surface area contributed by atoms with Gasteiger partial charge < -0.3 is 16.0 Å². The normalized spacial score (nSPS) is 24.3. The van der Waals surface area contributed by atoms with Crippen molar-refractivity contribution in [1.82, 2.24) is 10.3 Å². The average Bonchev–Trinajstić information content (AvgIpc) is 3.06. The van der Waals surface area contributed by atoms with E-state index in [1.807, 2.05) is 13.2 Å². The first kappa shape index (κ1) is 10.8. The van der Waals surface area contributed by atoms with Crippen LogP contribution in [0.3, 0.4) is 0 Å². The lowest BCUT2D eigenvalue weighted by Gasteiger charge is -2.22. The molecule has 92 valence electrons. The second-order valence-electron chi connectivity index (χ2n) is 5.12. The number of pyridine rings is 1. The van der Waals surface area contributed by atoms with Crippen LogP contribution < -0.4 is 16.0 Å². The summed E-state index contributed by atoms with van der Waals surface area (Å²) in [6.45, 7) is 2.20. The fraction of sp³-hybridized carbons (Fsp3) is 0.615. The minimum atomic E-state index is 0.608. The molecule has 1 aliphatic carbocycles. The van der Waals surface area contributed by atoms with Crippen LogP contribution in [0.15, 0.2) is 12.3 Å². The van der Waals surface area contributed by atoms with Gasteiger partial charge in [-0.15, -0.1) is 0 Å². The molecule has 1 aromatic rings. The first-order valence-electron chi connectivity index (χ1n) is 6.46. The van der Waals surface area contributed by atoms with Crippen molar-refractivity contribution in [1.29, 1.82) is 0 Å². The van der Waals surface area contributed by atoms with E-state index in [0.717, 1.165) is 18.9 Å². The van der Waals surface area contributed by atoms with Gasteiger partial charge in [-0.25, -0.2) is 4.98 Å². The molecule has 0 aromatic carbocycles. The predicted molar refractivity (Wildman–Crippen MR) is 70.3 cm³/mol. The van der Waals surface area contributed by atoms with Crippen LogP contribution in [-0.4, -0.2) is 31.2 Å². The summed E-state index contributed by atoms with van der Waals surface area (Å²) in [5.74, 6) is 1.39. The monoisotopic (exact) mass is 232 g/mol.